The van der Waals surface area contributed by atoms with E-state index in [0.717, 1.165) is 0 Å². The van der Waals surface area contributed by atoms with Crippen molar-refractivity contribution >= 4 is 23.5 Å². The molecule has 2 N–H and O–H groups in total. The standard InChI is InChI=1S/C18H28N6O2/c1-13(2)24-16(26)11-23(12-18(24,3)4)17(19-5)21-10-15(25)22-14-7-6-8-20-9-14/h6-9,13H,10-12H2,1-5H3,(H,19,21)(H,22,25). The molecule has 1 aliphatic heterocycles. The molecule has 0 radical (unpaired) electrons. The third-order valence-corrected chi connectivity index (χ3v) is 4.20. The molecule has 2 amide bonds. The van der Waals surface area contributed by atoms with Gasteiger partial charge in [-0.1, -0.05) is 0 Å². The van der Waals surface area contributed by atoms with Gasteiger partial charge < -0.3 is 20.4 Å². The van der Waals surface area contributed by atoms with Crippen molar-refractivity contribution < 1.29 is 9.59 Å². The fourth-order valence-electron chi connectivity index (χ4n) is 3.45. The van der Waals surface area contributed by atoms with Gasteiger partial charge in [-0.25, -0.2) is 0 Å². The third-order valence-electron chi connectivity index (χ3n) is 4.20. The Kier molecular flexibility index (Phi) is 6.18. The molecule has 8 nitrogen and oxygen atoms in total. The highest BCUT2D eigenvalue weighted by Gasteiger charge is 2.40. The average Bonchev–Trinajstić information content (AvgIpc) is 2.54. The minimum atomic E-state index is -0.320. The van der Waals surface area contributed by atoms with Crippen LogP contribution in [0.4, 0.5) is 5.69 Å². The number of anilines is 1. The van der Waals surface area contributed by atoms with E-state index in [1.807, 2.05) is 37.5 Å². The van der Waals surface area contributed by atoms with Crippen molar-refractivity contribution in [2.45, 2.75) is 39.3 Å². The molecule has 0 aromatic carbocycles. The second kappa shape index (κ2) is 8.16. The van der Waals surface area contributed by atoms with Crippen LogP contribution >= 0.6 is 0 Å². The van der Waals surface area contributed by atoms with Crippen molar-refractivity contribution in [3.63, 3.8) is 0 Å². The Balaban J connectivity index is 1.97. The number of piperazine rings is 1. The summed E-state index contributed by atoms with van der Waals surface area (Å²) in [5, 5.41) is 5.79. The van der Waals surface area contributed by atoms with Gasteiger partial charge in [-0.05, 0) is 39.8 Å². The van der Waals surface area contributed by atoms with Crippen LogP contribution in [0.3, 0.4) is 0 Å². The Morgan fingerprint density at radius 2 is 2.15 bits per heavy atom. The van der Waals surface area contributed by atoms with Crippen LogP contribution in [0.15, 0.2) is 29.5 Å². The van der Waals surface area contributed by atoms with E-state index < -0.39 is 0 Å². The first-order valence-corrected chi connectivity index (χ1v) is 8.72. The maximum Gasteiger partial charge on any atom is 0.243 e. The van der Waals surface area contributed by atoms with Crippen molar-refractivity contribution in [2.75, 3.05) is 32.0 Å². The molecule has 0 unspecified atom stereocenters. The monoisotopic (exact) mass is 360 g/mol. The highest BCUT2D eigenvalue weighted by Crippen LogP contribution is 2.24. The van der Waals surface area contributed by atoms with Crippen LogP contribution in [0.1, 0.15) is 27.7 Å². The number of pyridine rings is 1. The zero-order chi connectivity index (χ0) is 19.3. The lowest BCUT2D eigenvalue weighted by atomic mass is 9.96. The lowest BCUT2D eigenvalue weighted by Gasteiger charge is -2.49. The zero-order valence-electron chi connectivity index (χ0n) is 16.1. The van der Waals surface area contributed by atoms with E-state index in [1.54, 1.807) is 31.6 Å². The van der Waals surface area contributed by atoms with Crippen LogP contribution in [0.2, 0.25) is 0 Å². The molecular formula is C18H28N6O2. The van der Waals surface area contributed by atoms with E-state index in [-0.39, 0.29) is 36.5 Å². The predicted octanol–water partition coefficient (Wildman–Crippen LogP) is 0.927. The minimum absolute atomic E-state index is 0.0546. The molecule has 0 saturated carbocycles. The Hall–Kier alpha value is -2.64. The number of aliphatic imine (C=N–C) groups is 1. The second-order valence-corrected chi connectivity index (χ2v) is 7.22. The molecule has 8 heteroatoms. The first-order valence-electron chi connectivity index (χ1n) is 8.72. The molecular weight excluding hydrogens is 332 g/mol. The number of nitrogens with zero attached hydrogens (tertiary/aromatic N) is 4. The van der Waals surface area contributed by atoms with Crippen LogP contribution < -0.4 is 10.6 Å². The maximum atomic E-state index is 12.6. The molecule has 1 aliphatic rings. The number of rotatable bonds is 4. The SMILES string of the molecule is CN=C(NCC(=O)Nc1cccnc1)N1CC(=O)N(C(C)C)C(C)(C)C1. The van der Waals surface area contributed by atoms with Crippen LogP contribution in [0.25, 0.3) is 0 Å². The molecule has 0 aliphatic carbocycles. The summed E-state index contributed by atoms with van der Waals surface area (Å²) in [7, 11) is 1.65. The van der Waals surface area contributed by atoms with Crippen LogP contribution in [0, 0.1) is 0 Å². The Labute approximate surface area is 154 Å². The van der Waals surface area contributed by atoms with Gasteiger partial charge in [0.2, 0.25) is 11.8 Å². The molecule has 0 bridgehead atoms. The van der Waals surface area contributed by atoms with Gasteiger partial charge in [0.15, 0.2) is 5.96 Å². The minimum Gasteiger partial charge on any atom is -0.347 e. The van der Waals surface area contributed by atoms with Crippen LogP contribution in [-0.2, 0) is 9.59 Å². The first-order chi connectivity index (χ1) is 12.2. The molecule has 1 aromatic heterocycles. The van der Waals surface area contributed by atoms with Crippen molar-refractivity contribution in [1.29, 1.82) is 0 Å². The number of guanidine groups is 1. The topological polar surface area (TPSA) is 89.9 Å². The van der Waals surface area contributed by atoms with Crippen molar-refractivity contribution in [1.82, 2.24) is 20.1 Å². The summed E-state index contributed by atoms with van der Waals surface area (Å²) >= 11 is 0. The summed E-state index contributed by atoms with van der Waals surface area (Å²) in [4.78, 5) is 36.7. The average molecular weight is 360 g/mol. The summed E-state index contributed by atoms with van der Waals surface area (Å²) in [6.07, 6.45) is 3.23. The summed E-state index contributed by atoms with van der Waals surface area (Å²) in [6.45, 7) is 9.06. The van der Waals surface area contributed by atoms with E-state index in [9.17, 15) is 9.59 Å². The van der Waals surface area contributed by atoms with Crippen molar-refractivity contribution in [3.8, 4) is 0 Å². The van der Waals surface area contributed by atoms with Gasteiger partial charge >= 0.3 is 0 Å². The van der Waals surface area contributed by atoms with Gasteiger partial charge in [0.05, 0.1) is 30.5 Å². The van der Waals surface area contributed by atoms with Crippen LogP contribution in [-0.4, -0.2) is 70.8 Å². The fraction of sp³-hybridized carbons (Fsp3) is 0.556. The number of amides is 2. The zero-order valence-corrected chi connectivity index (χ0v) is 16.1. The van der Waals surface area contributed by atoms with E-state index in [0.29, 0.717) is 18.2 Å². The molecule has 1 saturated heterocycles. The van der Waals surface area contributed by atoms with Crippen molar-refractivity contribution in [2.24, 2.45) is 4.99 Å². The van der Waals surface area contributed by atoms with Crippen LogP contribution in [0.5, 0.6) is 0 Å². The molecule has 0 spiro atoms. The van der Waals surface area contributed by atoms with Gasteiger partial charge in [0, 0.05) is 25.8 Å². The largest absolute Gasteiger partial charge is 0.347 e. The molecule has 26 heavy (non-hydrogen) atoms. The highest BCUT2D eigenvalue weighted by molar-refractivity contribution is 5.95. The number of nitrogens with one attached hydrogen (secondary N) is 2. The second-order valence-electron chi connectivity index (χ2n) is 7.22. The van der Waals surface area contributed by atoms with Gasteiger partial charge in [-0.15, -0.1) is 0 Å². The number of hydrogen-bond acceptors (Lipinski definition) is 4. The maximum absolute atomic E-state index is 12.6. The normalized spacial score (nSPS) is 17.5. The summed E-state index contributed by atoms with van der Waals surface area (Å²) in [5.41, 5.74) is 0.315. The molecule has 2 heterocycles. The smallest absolute Gasteiger partial charge is 0.243 e. The Morgan fingerprint density at radius 3 is 2.69 bits per heavy atom. The summed E-state index contributed by atoms with van der Waals surface area (Å²) in [6, 6.07) is 3.66. The number of aromatic nitrogens is 1. The van der Waals surface area contributed by atoms with Gasteiger partial charge in [-0.3, -0.25) is 19.6 Å². The molecule has 1 aromatic rings. The molecule has 142 valence electrons. The summed E-state index contributed by atoms with van der Waals surface area (Å²) < 4.78 is 0. The van der Waals surface area contributed by atoms with E-state index in [1.165, 1.54) is 0 Å². The number of carbonyl (C=O) groups excluding carboxylic acids is 2. The van der Waals surface area contributed by atoms with Gasteiger partial charge in [0.1, 0.15) is 0 Å². The van der Waals surface area contributed by atoms with Gasteiger partial charge in [-0.2, -0.15) is 0 Å². The molecule has 0 atom stereocenters. The number of carbonyl (C=O) groups is 2. The van der Waals surface area contributed by atoms with Crippen molar-refractivity contribution in [3.05, 3.63) is 24.5 Å². The van der Waals surface area contributed by atoms with E-state index in [2.05, 4.69) is 20.6 Å². The Morgan fingerprint density at radius 1 is 1.42 bits per heavy atom. The van der Waals surface area contributed by atoms with E-state index >= 15 is 0 Å². The third kappa shape index (κ3) is 4.71. The quantitative estimate of drug-likeness (QED) is 0.616. The highest BCUT2D eigenvalue weighted by atomic mass is 16.2. The lowest BCUT2D eigenvalue weighted by Crippen LogP contribution is -2.66. The van der Waals surface area contributed by atoms with E-state index in [4.69, 9.17) is 0 Å². The first kappa shape index (κ1) is 19.7. The lowest BCUT2D eigenvalue weighted by molar-refractivity contribution is -0.145. The molecule has 2 rings (SSSR count). The molecule has 1 fully saturated rings. The predicted molar refractivity (Wildman–Crippen MR) is 102 cm³/mol. The Bertz CT molecular complexity index is 672. The van der Waals surface area contributed by atoms with Gasteiger partial charge in [0.25, 0.3) is 0 Å². The fourth-order valence-corrected chi connectivity index (χ4v) is 3.45. The summed E-state index contributed by atoms with van der Waals surface area (Å²) in [5.74, 6) is 0.390. The number of hydrogen-bond donors (Lipinski definition) is 2.